The van der Waals surface area contributed by atoms with Gasteiger partial charge in [0, 0.05) is 5.39 Å². The minimum atomic E-state index is -0.575. The van der Waals surface area contributed by atoms with Crippen molar-refractivity contribution in [2.24, 2.45) is 5.73 Å². The summed E-state index contributed by atoms with van der Waals surface area (Å²) >= 11 is 0. The zero-order chi connectivity index (χ0) is 11.5. The van der Waals surface area contributed by atoms with Crippen LogP contribution in [0.15, 0.2) is 36.4 Å². The Morgan fingerprint density at radius 2 is 2.06 bits per heavy atom. The van der Waals surface area contributed by atoms with E-state index in [9.17, 15) is 4.79 Å². The molecule has 0 aliphatic carbocycles. The predicted molar refractivity (Wildman–Crippen MR) is 73.8 cm³/mol. The predicted octanol–water partition coefficient (Wildman–Crippen LogP) is 2.62. The van der Waals surface area contributed by atoms with E-state index in [1.165, 1.54) is 0 Å². The van der Waals surface area contributed by atoms with Gasteiger partial charge in [0.15, 0.2) is 0 Å². The molecule has 0 fully saturated rings. The molecule has 0 amide bonds. The third kappa shape index (κ3) is 2.65. The molecule has 2 aromatic carbocycles. The monoisotopic (exact) mass is 295 g/mol. The maximum Gasteiger partial charge on any atom is 0.141 e. The van der Waals surface area contributed by atoms with Gasteiger partial charge in [0.25, 0.3) is 0 Å². The molecule has 0 bridgehead atoms. The molecule has 1 unspecified atom stereocenters. The molecule has 0 heterocycles. The first-order chi connectivity index (χ1) is 7.76. The summed E-state index contributed by atoms with van der Waals surface area (Å²) in [5.74, 6) is 0.789. The third-order valence-electron chi connectivity index (χ3n) is 2.62. The fourth-order valence-electron chi connectivity index (χ4n) is 1.73. The molecule has 0 aromatic heterocycles. The average Bonchev–Trinajstić information content (AvgIpc) is 2.36. The van der Waals surface area contributed by atoms with Crippen molar-refractivity contribution in [2.75, 3.05) is 7.11 Å². The normalized spacial score (nSPS) is 11.6. The van der Waals surface area contributed by atoms with E-state index in [1.54, 1.807) is 7.11 Å². The van der Waals surface area contributed by atoms with E-state index in [4.69, 9.17) is 10.5 Å². The van der Waals surface area contributed by atoms with Crippen LogP contribution in [0.2, 0.25) is 0 Å². The van der Waals surface area contributed by atoms with Crippen LogP contribution in [0.4, 0.5) is 0 Å². The Morgan fingerprint density at radius 1 is 1.29 bits per heavy atom. The van der Waals surface area contributed by atoms with Crippen LogP contribution < -0.4 is 10.5 Å². The van der Waals surface area contributed by atoms with Crippen LogP contribution in [0.1, 0.15) is 11.6 Å². The number of aldehydes is 1. The number of hydrogen-bond acceptors (Lipinski definition) is 3. The number of carbonyl (C=O) groups is 1. The van der Waals surface area contributed by atoms with Gasteiger partial charge < -0.3 is 15.3 Å². The van der Waals surface area contributed by atoms with Gasteiger partial charge in [-0.25, -0.2) is 0 Å². The van der Waals surface area contributed by atoms with Crippen LogP contribution in [0.25, 0.3) is 10.8 Å². The number of carbonyl (C=O) groups excluding carboxylic acids is 1. The Labute approximate surface area is 110 Å². The van der Waals surface area contributed by atoms with E-state index in [-0.39, 0.29) is 17.0 Å². The largest absolute Gasteiger partial charge is 0.496 e. The number of ether oxygens (including phenoxy) is 1. The SMILES string of the molecule is Br.COc1cccc2ccc(C(N)C=O)cc12. The molecule has 0 radical (unpaired) electrons. The van der Waals surface area contributed by atoms with Gasteiger partial charge in [-0.2, -0.15) is 0 Å². The van der Waals surface area contributed by atoms with Crippen LogP contribution in [-0.4, -0.2) is 13.4 Å². The first-order valence-corrected chi connectivity index (χ1v) is 5.04. The summed E-state index contributed by atoms with van der Waals surface area (Å²) in [5.41, 5.74) is 6.47. The van der Waals surface area contributed by atoms with Crippen molar-refractivity contribution in [1.82, 2.24) is 0 Å². The molecular formula is C13H14BrNO2. The fourth-order valence-corrected chi connectivity index (χ4v) is 1.73. The van der Waals surface area contributed by atoms with Crippen LogP contribution in [0.3, 0.4) is 0 Å². The van der Waals surface area contributed by atoms with Crippen LogP contribution in [0.5, 0.6) is 5.75 Å². The van der Waals surface area contributed by atoms with Gasteiger partial charge in [0.1, 0.15) is 12.0 Å². The van der Waals surface area contributed by atoms with Crippen LogP contribution in [-0.2, 0) is 4.79 Å². The van der Waals surface area contributed by atoms with E-state index in [2.05, 4.69) is 0 Å². The summed E-state index contributed by atoms with van der Waals surface area (Å²) in [4.78, 5) is 10.6. The van der Waals surface area contributed by atoms with Crippen molar-refractivity contribution in [3.63, 3.8) is 0 Å². The van der Waals surface area contributed by atoms with Crippen molar-refractivity contribution in [3.8, 4) is 5.75 Å². The second-order valence-electron chi connectivity index (χ2n) is 3.60. The number of methoxy groups -OCH3 is 1. The van der Waals surface area contributed by atoms with E-state index in [0.717, 1.165) is 28.4 Å². The van der Waals surface area contributed by atoms with Crippen LogP contribution >= 0.6 is 17.0 Å². The number of halogens is 1. The Balaban J connectivity index is 0.00000144. The lowest BCUT2D eigenvalue weighted by Crippen LogP contribution is -2.10. The average molecular weight is 296 g/mol. The van der Waals surface area contributed by atoms with Crippen molar-refractivity contribution in [2.45, 2.75) is 6.04 Å². The molecule has 0 aliphatic rings. The second-order valence-corrected chi connectivity index (χ2v) is 3.60. The molecule has 3 nitrogen and oxygen atoms in total. The number of hydrogen-bond donors (Lipinski definition) is 1. The minimum absolute atomic E-state index is 0. The molecule has 17 heavy (non-hydrogen) atoms. The smallest absolute Gasteiger partial charge is 0.141 e. The molecular weight excluding hydrogens is 282 g/mol. The quantitative estimate of drug-likeness (QED) is 0.886. The number of benzene rings is 2. The van der Waals surface area contributed by atoms with E-state index >= 15 is 0 Å². The standard InChI is InChI=1S/C13H13NO2.BrH/c1-16-13-4-2-3-9-5-6-10(7-11(9)13)12(14)8-15;/h2-8,12H,14H2,1H3;1H. The zero-order valence-corrected chi connectivity index (χ0v) is 11.1. The molecule has 0 saturated heterocycles. The zero-order valence-electron chi connectivity index (χ0n) is 9.42. The molecule has 2 aromatic rings. The van der Waals surface area contributed by atoms with Gasteiger partial charge >= 0.3 is 0 Å². The Hall–Kier alpha value is -1.39. The maximum absolute atomic E-state index is 10.6. The molecule has 0 aliphatic heterocycles. The van der Waals surface area contributed by atoms with Gasteiger partial charge in [0.2, 0.25) is 0 Å². The Bertz CT molecular complexity index is 528. The fraction of sp³-hybridized carbons (Fsp3) is 0.154. The van der Waals surface area contributed by atoms with Gasteiger partial charge in [0.05, 0.1) is 13.2 Å². The topological polar surface area (TPSA) is 52.3 Å². The summed E-state index contributed by atoms with van der Waals surface area (Å²) in [6.07, 6.45) is 0.733. The Morgan fingerprint density at radius 3 is 2.71 bits per heavy atom. The second kappa shape index (κ2) is 5.80. The summed E-state index contributed by atoms with van der Waals surface area (Å²) in [6.45, 7) is 0. The summed E-state index contributed by atoms with van der Waals surface area (Å²) < 4.78 is 5.27. The lowest BCUT2D eigenvalue weighted by Gasteiger charge is -2.09. The highest BCUT2D eigenvalue weighted by atomic mass is 79.9. The third-order valence-corrected chi connectivity index (χ3v) is 2.62. The first-order valence-electron chi connectivity index (χ1n) is 5.04. The van der Waals surface area contributed by atoms with Gasteiger partial charge in [-0.05, 0) is 23.1 Å². The lowest BCUT2D eigenvalue weighted by molar-refractivity contribution is -0.109. The van der Waals surface area contributed by atoms with Gasteiger partial charge in [-0.15, -0.1) is 17.0 Å². The summed E-state index contributed by atoms with van der Waals surface area (Å²) in [5, 5.41) is 2.04. The minimum Gasteiger partial charge on any atom is -0.496 e. The Kier molecular flexibility index (Phi) is 4.66. The summed E-state index contributed by atoms with van der Waals surface area (Å²) in [7, 11) is 1.63. The summed E-state index contributed by atoms with van der Waals surface area (Å²) in [6, 6.07) is 10.9. The molecule has 4 heteroatoms. The highest BCUT2D eigenvalue weighted by Crippen LogP contribution is 2.27. The maximum atomic E-state index is 10.6. The molecule has 1 atom stereocenters. The molecule has 2 N–H and O–H groups in total. The van der Waals surface area contributed by atoms with Gasteiger partial charge in [-0.1, -0.05) is 24.3 Å². The lowest BCUT2D eigenvalue weighted by atomic mass is 10.0. The van der Waals surface area contributed by atoms with E-state index < -0.39 is 6.04 Å². The van der Waals surface area contributed by atoms with Crippen LogP contribution in [0, 0.1) is 0 Å². The van der Waals surface area contributed by atoms with E-state index in [1.807, 2.05) is 36.4 Å². The van der Waals surface area contributed by atoms with Crippen molar-refractivity contribution in [3.05, 3.63) is 42.0 Å². The first kappa shape index (κ1) is 13.7. The van der Waals surface area contributed by atoms with Crippen molar-refractivity contribution < 1.29 is 9.53 Å². The van der Waals surface area contributed by atoms with E-state index in [0.29, 0.717) is 0 Å². The van der Waals surface area contributed by atoms with Crippen molar-refractivity contribution >= 4 is 34.0 Å². The number of rotatable bonds is 3. The number of fused-ring (bicyclic) bond motifs is 1. The van der Waals surface area contributed by atoms with Gasteiger partial charge in [-0.3, -0.25) is 0 Å². The highest BCUT2D eigenvalue weighted by Gasteiger charge is 2.07. The number of nitrogens with two attached hydrogens (primary N) is 1. The molecule has 0 saturated carbocycles. The molecule has 0 spiro atoms. The molecule has 2 rings (SSSR count). The highest BCUT2D eigenvalue weighted by molar-refractivity contribution is 8.93. The van der Waals surface area contributed by atoms with Crippen molar-refractivity contribution in [1.29, 1.82) is 0 Å². The molecule has 90 valence electrons.